The normalized spacial score (nSPS) is 16.3. The number of benzene rings is 1. The SMILES string of the molecule is O=C(NCCOCC1CC1)c1nn(-c2ccc(Br)cc2)c2c1CCCC2. The fraction of sp³-hybridized carbons (Fsp3) is 0.500. The highest BCUT2D eigenvalue weighted by atomic mass is 79.9. The fourth-order valence-electron chi connectivity index (χ4n) is 3.43. The molecule has 1 saturated carbocycles. The third-order valence-electron chi connectivity index (χ3n) is 5.05. The number of aromatic nitrogens is 2. The molecule has 1 N–H and O–H groups in total. The van der Waals surface area contributed by atoms with E-state index in [0.717, 1.165) is 53.9 Å². The van der Waals surface area contributed by atoms with Gasteiger partial charge in [0.15, 0.2) is 5.69 Å². The van der Waals surface area contributed by atoms with Crippen LogP contribution in [0, 0.1) is 5.92 Å². The number of halogens is 1. The van der Waals surface area contributed by atoms with Crippen molar-refractivity contribution < 1.29 is 9.53 Å². The molecule has 2 aliphatic carbocycles. The van der Waals surface area contributed by atoms with E-state index >= 15 is 0 Å². The van der Waals surface area contributed by atoms with Crippen molar-refractivity contribution in [3.8, 4) is 5.69 Å². The van der Waals surface area contributed by atoms with Crippen molar-refractivity contribution in [2.24, 2.45) is 5.92 Å². The number of fused-ring (bicyclic) bond motifs is 1. The third-order valence-corrected chi connectivity index (χ3v) is 5.58. The summed E-state index contributed by atoms with van der Waals surface area (Å²) in [5.41, 5.74) is 3.85. The van der Waals surface area contributed by atoms with Crippen LogP contribution in [-0.4, -0.2) is 35.4 Å². The number of rotatable bonds is 7. The van der Waals surface area contributed by atoms with Gasteiger partial charge in [-0.2, -0.15) is 5.10 Å². The molecule has 138 valence electrons. The molecule has 0 unspecified atom stereocenters. The van der Waals surface area contributed by atoms with E-state index in [-0.39, 0.29) is 5.91 Å². The van der Waals surface area contributed by atoms with Gasteiger partial charge in [-0.25, -0.2) is 4.68 Å². The van der Waals surface area contributed by atoms with E-state index in [4.69, 9.17) is 4.74 Å². The lowest BCUT2D eigenvalue weighted by atomic mass is 9.95. The van der Waals surface area contributed by atoms with Gasteiger partial charge >= 0.3 is 0 Å². The van der Waals surface area contributed by atoms with Crippen molar-refractivity contribution in [1.29, 1.82) is 0 Å². The first-order chi connectivity index (χ1) is 12.7. The second kappa shape index (κ2) is 7.92. The van der Waals surface area contributed by atoms with Crippen LogP contribution in [0.3, 0.4) is 0 Å². The molecule has 26 heavy (non-hydrogen) atoms. The summed E-state index contributed by atoms with van der Waals surface area (Å²) in [5.74, 6) is 0.661. The summed E-state index contributed by atoms with van der Waals surface area (Å²) in [7, 11) is 0. The van der Waals surface area contributed by atoms with E-state index in [1.165, 1.54) is 18.5 Å². The first-order valence-corrected chi connectivity index (χ1v) is 10.2. The van der Waals surface area contributed by atoms with E-state index in [0.29, 0.717) is 18.8 Å². The molecule has 0 radical (unpaired) electrons. The van der Waals surface area contributed by atoms with Gasteiger partial charge in [-0.3, -0.25) is 4.79 Å². The molecule has 5 nitrogen and oxygen atoms in total. The highest BCUT2D eigenvalue weighted by Gasteiger charge is 2.25. The molecule has 0 spiro atoms. The predicted molar refractivity (Wildman–Crippen MR) is 104 cm³/mol. The zero-order chi connectivity index (χ0) is 17.9. The number of carbonyl (C=O) groups is 1. The van der Waals surface area contributed by atoms with Gasteiger partial charge < -0.3 is 10.1 Å². The summed E-state index contributed by atoms with van der Waals surface area (Å²) in [6.45, 7) is 1.92. The van der Waals surface area contributed by atoms with E-state index in [2.05, 4.69) is 26.3 Å². The lowest BCUT2D eigenvalue weighted by Gasteiger charge is -2.14. The molecule has 1 heterocycles. The van der Waals surface area contributed by atoms with Crippen LogP contribution < -0.4 is 5.32 Å². The monoisotopic (exact) mass is 417 g/mol. The van der Waals surface area contributed by atoms with Crippen LogP contribution in [-0.2, 0) is 17.6 Å². The van der Waals surface area contributed by atoms with Gasteiger partial charge in [0.1, 0.15) is 0 Å². The molecule has 1 amide bonds. The number of carbonyl (C=O) groups excluding carboxylic acids is 1. The second-order valence-electron chi connectivity index (χ2n) is 7.14. The molecule has 2 aromatic rings. The van der Waals surface area contributed by atoms with Crippen molar-refractivity contribution in [2.45, 2.75) is 38.5 Å². The van der Waals surface area contributed by atoms with E-state index in [9.17, 15) is 4.79 Å². The fourth-order valence-corrected chi connectivity index (χ4v) is 3.70. The molecule has 1 aromatic heterocycles. The first kappa shape index (κ1) is 17.7. The molecule has 2 aliphatic rings. The van der Waals surface area contributed by atoms with Crippen molar-refractivity contribution in [3.63, 3.8) is 0 Å². The Bertz CT molecular complexity index is 781. The number of hydrogen-bond acceptors (Lipinski definition) is 3. The van der Waals surface area contributed by atoms with Crippen LogP contribution in [0.15, 0.2) is 28.7 Å². The Morgan fingerprint density at radius 1 is 1.23 bits per heavy atom. The largest absolute Gasteiger partial charge is 0.379 e. The minimum atomic E-state index is -0.0889. The van der Waals surface area contributed by atoms with Gasteiger partial charge in [-0.15, -0.1) is 0 Å². The van der Waals surface area contributed by atoms with E-state index in [1.807, 2.05) is 28.9 Å². The minimum absolute atomic E-state index is 0.0889. The molecule has 1 aromatic carbocycles. The average Bonchev–Trinajstić information content (AvgIpc) is 3.40. The number of nitrogens with one attached hydrogen (secondary N) is 1. The Morgan fingerprint density at radius 3 is 2.77 bits per heavy atom. The van der Waals surface area contributed by atoms with Gasteiger partial charge in [0, 0.05) is 28.9 Å². The van der Waals surface area contributed by atoms with Gasteiger partial charge in [-0.1, -0.05) is 15.9 Å². The molecular weight excluding hydrogens is 394 g/mol. The molecule has 1 fully saturated rings. The smallest absolute Gasteiger partial charge is 0.272 e. The maximum atomic E-state index is 12.7. The summed E-state index contributed by atoms with van der Waals surface area (Å²) < 4.78 is 8.58. The zero-order valence-electron chi connectivity index (χ0n) is 14.8. The Hall–Kier alpha value is -1.66. The maximum absolute atomic E-state index is 12.7. The molecule has 0 saturated heterocycles. The van der Waals surface area contributed by atoms with Gasteiger partial charge in [0.2, 0.25) is 0 Å². The summed E-state index contributed by atoms with van der Waals surface area (Å²) >= 11 is 3.47. The van der Waals surface area contributed by atoms with Gasteiger partial charge in [0.25, 0.3) is 5.91 Å². The molecule has 0 atom stereocenters. The van der Waals surface area contributed by atoms with Crippen molar-refractivity contribution >= 4 is 21.8 Å². The highest BCUT2D eigenvalue weighted by Crippen LogP contribution is 2.29. The topological polar surface area (TPSA) is 56.1 Å². The molecule has 6 heteroatoms. The summed E-state index contributed by atoms with van der Waals surface area (Å²) in [5, 5.41) is 7.65. The van der Waals surface area contributed by atoms with Crippen LogP contribution in [0.5, 0.6) is 0 Å². The average molecular weight is 418 g/mol. The zero-order valence-corrected chi connectivity index (χ0v) is 16.4. The second-order valence-corrected chi connectivity index (χ2v) is 8.06. The van der Waals surface area contributed by atoms with Gasteiger partial charge in [0.05, 0.1) is 12.3 Å². The summed E-state index contributed by atoms with van der Waals surface area (Å²) in [6.07, 6.45) is 6.72. The van der Waals surface area contributed by atoms with Crippen molar-refractivity contribution in [1.82, 2.24) is 15.1 Å². The van der Waals surface area contributed by atoms with Gasteiger partial charge in [-0.05, 0) is 68.7 Å². The predicted octanol–water partition coefficient (Wildman–Crippen LogP) is 3.67. The Balaban J connectivity index is 1.48. The lowest BCUT2D eigenvalue weighted by molar-refractivity contribution is 0.0900. The Kier molecular flexibility index (Phi) is 5.41. The standard InChI is InChI=1S/C20H24BrN3O2/c21-15-7-9-16(10-8-15)24-18-4-2-1-3-17(18)19(23-24)20(25)22-11-12-26-13-14-5-6-14/h7-10,14H,1-6,11-13H2,(H,22,25). The summed E-state index contributed by atoms with van der Waals surface area (Å²) in [4.78, 5) is 12.7. The van der Waals surface area contributed by atoms with Crippen molar-refractivity contribution in [2.75, 3.05) is 19.8 Å². The van der Waals surface area contributed by atoms with Crippen LogP contribution in [0.25, 0.3) is 5.69 Å². The lowest BCUT2D eigenvalue weighted by Crippen LogP contribution is -2.28. The third kappa shape index (κ3) is 4.01. The molecule has 0 aliphatic heterocycles. The van der Waals surface area contributed by atoms with Crippen LogP contribution in [0.4, 0.5) is 0 Å². The van der Waals surface area contributed by atoms with E-state index < -0.39 is 0 Å². The van der Waals surface area contributed by atoms with Crippen LogP contribution >= 0.6 is 15.9 Å². The van der Waals surface area contributed by atoms with Crippen molar-refractivity contribution in [3.05, 3.63) is 45.7 Å². The Morgan fingerprint density at radius 2 is 2.00 bits per heavy atom. The Labute approximate surface area is 162 Å². The maximum Gasteiger partial charge on any atom is 0.272 e. The molecule has 0 bridgehead atoms. The first-order valence-electron chi connectivity index (χ1n) is 9.45. The molecule has 4 rings (SSSR count). The van der Waals surface area contributed by atoms with E-state index in [1.54, 1.807) is 0 Å². The number of nitrogens with zero attached hydrogens (tertiary/aromatic N) is 2. The quantitative estimate of drug-likeness (QED) is 0.699. The number of hydrogen-bond donors (Lipinski definition) is 1. The number of ether oxygens (including phenoxy) is 1. The van der Waals surface area contributed by atoms with Crippen LogP contribution in [0.1, 0.15) is 47.4 Å². The minimum Gasteiger partial charge on any atom is -0.379 e. The highest BCUT2D eigenvalue weighted by molar-refractivity contribution is 9.10. The number of amides is 1. The summed E-state index contributed by atoms with van der Waals surface area (Å²) in [6, 6.07) is 8.06. The molecular formula is C20H24BrN3O2. The van der Waals surface area contributed by atoms with Crippen LogP contribution in [0.2, 0.25) is 0 Å².